The second kappa shape index (κ2) is 8.84. The molecule has 2 N–H and O–H groups in total. The third kappa shape index (κ3) is 5.57. The number of hydrogen-bond donors (Lipinski definition) is 2. The Hall–Kier alpha value is -2.92. The lowest BCUT2D eigenvalue weighted by Crippen LogP contribution is -2.33. The van der Waals surface area contributed by atoms with Crippen LogP contribution >= 0.6 is 0 Å². The number of ether oxygens (including phenoxy) is 1. The van der Waals surface area contributed by atoms with Gasteiger partial charge in [0.25, 0.3) is 0 Å². The van der Waals surface area contributed by atoms with E-state index in [1.165, 1.54) is 13.2 Å². The Kier molecular flexibility index (Phi) is 6.88. The zero-order valence-corrected chi connectivity index (χ0v) is 17.1. The van der Waals surface area contributed by atoms with Crippen molar-refractivity contribution in [1.29, 1.82) is 0 Å². The van der Waals surface area contributed by atoms with Crippen LogP contribution in [0.5, 0.6) is 0 Å². The molecule has 0 aliphatic rings. The first-order valence-electron chi connectivity index (χ1n) is 8.51. The van der Waals surface area contributed by atoms with Gasteiger partial charge in [0.2, 0.25) is 15.9 Å². The van der Waals surface area contributed by atoms with Crippen molar-refractivity contribution in [2.45, 2.75) is 24.9 Å². The molecule has 0 heterocycles. The summed E-state index contributed by atoms with van der Waals surface area (Å²) in [5.74, 6) is -1.37. The number of aryl methyl sites for hydroxylation is 1. The third-order valence-corrected chi connectivity index (χ3v) is 5.65. The summed E-state index contributed by atoms with van der Waals surface area (Å²) >= 11 is 0. The van der Waals surface area contributed by atoms with Crippen LogP contribution in [-0.4, -0.2) is 33.9 Å². The lowest BCUT2D eigenvalue weighted by molar-refractivity contribution is -0.137. The highest BCUT2D eigenvalue weighted by molar-refractivity contribution is 7.89. The number of benzene rings is 2. The van der Waals surface area contributed by atoms with Crippen LogP contribution in [-0.2, 0) is 25.7 Å². The highest BCUT2D eigenvalue weighted by atomic mass is 32.2. The highest BCUT2D eigenvalue weighted by Crippen LogP contribution is 2.30. The lowest BCUT2D eigenvalue weighted by Gasteiger charge is -2.13. The number of carbonyl (C=O) groups excluding carboxylic acids is 2. The number of hydrogen-bond acceptors (Lipinski definition) is 5. The molecule has 0 spiro atoms. The fourth-order valence-corrected chi connectivity index (χ4v) is 3.57. The Morgan fingerprint density at radius 1 is 1.10 bits per heavy atom. The second-order valence-corrected chi connectivity index (χ2v) is 8.12. The maximum absolute atomic E-state index is 12.8. The van der Waals surface area contributed by atoms with Crippen LogP contribution in [0.25, 0.3) is 0 Å². The van der Waals surface area contributed by atoms with Crippen LogP contribution in [0.4, 0.5) is 18.9 Å². The predicted molar refractivity (Wildman–Crippen MR) is 103 cm³/mol. The van der Waals surface area contributed by atoms with E-state index in [1.807, 2.05) is 4.72 Å². The Bertz CT molecular complexity index is 1080. The van der Waals surface area contributed by atoms with Gasteiger partial charge in [0.05, 0.1) is 29.7 Å². The number of amides is 1. The molecular weight excluding hydrogens is 425 g/mol. The summed E-state index contributed by atoms with van der Waals surface area (Å²) in [6, 6.07) is 6.13. The molecule has 0 saturated carbocycles. The minimum atomic E-state index is -4.70. The van der Waals surface area contributed by atoms with Gasteiger partial charge >= 0.3 is 12.1 Å². The Balaban J connectivity index is 2.13. The number of halogens is 3. The molecule has 7 nitrogen and oxygen atoms in total. The van der Waals surface area contributed by atoms with Gasteiger partial charge in [-0.15, -0.1) is 0 Å². The van der Waals surface area contributed by atoms with Gasteiger partial charge < -0.3 is 10.1 Å². The van der Waals surface area contributed by atoms with Gasteiger partial charge in [-0.2, -0.15) is 13.2 Å². The van der Waals surface area contributed by atoms with Gasteiger partial charge in [0, 0.05) is 5.69 Å². The number of alkyl halides is 3. The zero-order chi connectivity index (χ0) is 22.7. The molecule has 0 aliphatic heterocycles. The molecule has 1 amide bonds. The van der Waals surface area contributed by atoms with Gasteiger partial charge in [0.1, 0.15) is 0 Å². The maximum atomic E-state index is 12.8. The Morgan fingerprint density at radius 2 is 1.77 bits per heavy atom. The van der Waals surface area contributed by atoms with Gasteiger partial charge in [-0.05, 0) is 55.3 Å². The molecule has 0 saturated heterocycles. The summed E-state index contributed by atoms with van der Waals surface area (Å²) in [6.45, 7) is 2.70. The first-order valence-corrected chi connectivity index (χ1v) is 10.00. The highest BCUT2D eigenvalue weighted by Gasteiger charge is 2.31. The van der Waals surface area contributed by atoms with Gasteiger partial charge in [-0.3, -0.25) is 4.79 Å². The normalized spacial score (nSPS) is 11.8. The van der Waals surface area contributed by atoms with Crippen LogP contribution < -0.4 is 10.0 Å². The number of rotatable bonds is 6. The smallest absolute Gasteiger partial charge is 0.416 e. The third-order valence-electron chi connectivity index (χ3n) is 4.25. The van der Waals surface area contributed by atoms with E-state index in [0.29, 0.717) is 17.2 Å². The first kappa shape index (κ1) is 23.4. The summed E-state index contributed by atoms with van der Waals surface area (Å²) < 4.78 is 69.4. The molecule has 162 valence electrons. The second-order valence-electron chi connectivity index (χ2n) is 6.36. The molecule has 0 radical (unpaired) electrons. The van der Waals surface area contributed by atoms with E-state index in [4.69, 9.17) is 0 Å². The van der Waals surface area contributed by atoms with E-state index in [0.717, 1.165) is 18.2 Å². The number of esters is 1. The van der Waals surface area contributed by atoms with Crippen LogP contribution in [0.15, 0.2) is 41.3 Å². The molecular formula is C19H19F3N2O5S. The van der Waals surface area contributed by atoms with Crippen molar-refractivity contribution < 1.29 is 35.9 Å². The molecule has 0 bridgehead atoms. The van der Waals surface area contributed by atoms with Crippen molar-refractivity contribution in [1.82, 2.24) is 4.72 Å². The molecule has 0 aliphatic carbocycles. The van der Waals surface area contributed by atoms with Gasteiger partial charge in [0.15, 0.2) is 0 Å². The quantitative estimate of drug-likeness (QED) is 0.667. The summed E-state index contributed by atoms with van der Waals surface area (Å²) in [6.07, 6.45) is -4.70. The van der Waals surface area contributed by atoms with Crippen molar-refractivity contribution in [3.63, 3.8) is 0 Å². The first-order chi connectivity index (χ1) is 13.8. The SMILES string of the molecule is COC(=O)c1cc(NC(=O)CNS(=O)(=O)c2cccc(C(F)(F)F)c2)cc(C)c1C. The van der Waals surface area contributed by atoms with Gasteiger partial charge in [-0.1, -0.05) is 6.07 Å². The van der Waals surface area contributed by atoms with Crippen LogP contribution in [0.3, 0.4) is 0 Å². The summed E-state index contributed by atoms with van der Waals surface area (Å²) in [4.78, 5) is 23.3. The number of nitrogens with one attached hydrogen (secondary N) is 2. The fourth-order valence-electron chi connectivity index (χ4n) is 2.54. The number of anilines is 1. The molecule has 0 atom stereocenters. The van der Waals surface area contributed by atoms with Crippen LogP contribution in [0.1, 0.15) is 27.0 Å². The summed E-state index contributed by atoms with van der Waals surface area (Å²) in [5, 5.41) is 2.44. The average Bonchev–Trinajstić information content (AvgIpc) is 2.68. The molecule has 0 aromatic heterocycles. The van der Waals surface area contributed by atoms with Crippen molar-refractivity contribution in [2.75, 3.05) is 19.0 Å². The van der Waals surface area contributed by atoms with Crippen LogP contribution in [0, 0.1) is 13.8 Å². The number of sulfonamides is 1. The minimum absolute atomic E-state index is 0.234. The standard InChI is InChI=1S/C19H19F3N2O5S/c1-11-7-14(9-16(12(11)2)18(26)29-3)24-17(25)10-23-30(27,28)15-6-4-5-13(8-15)19(20,21)22/h4-9,23H,10H2,1-3H3,(H,24,25). The van der Waals surface area contributed by atoms with Crippen LogP contribution in [0.2, 0.25) is 0 Å². The molecule has 0 unspecified atom stereocenters. The number of carbonyl (C=O) groups is 2. The van der Waals surface area contributed by atoms with E-state index >= 15 is 0 Å². The lowest BCUT2D eigenvalue weighted by atomic mass is 10.0. The topological polar surface area (TPSA) is 102 Å². The molecule has 2 aromatic carbocycles. The largest absolute Gasteiger partial charge is 0.465 e. The van der Waals surface area contributed by atoms with Gasteiger partial charge in [-0.25, -0.2) is 17.9 Å². The molecule has 30 heavy (non-hydrogen) atoms. The Labute approximate surface area is 171 Å². The minimum Gasteiger partial charge on any atom is -0.465 e. The average molecular weight is 444 g/mol. The fraction of sp³-hybridized carbons (Fsp3) is 0.263. The zero-order valence-electron chi connectivity index (χ0n) is 16.3. The number of methoxy groups -OCH3 is 1. The van der Waals surface area contributed by atoms with E-state index in [1.54, 1.807) is 19.9 Å². The predicted octanol–water partition coefficient (Wildman–Crippen LogP) is 3.03. The van der Waals surface area contributed by atoms with Crippen molar-refractivity contribution in [3.8, 4) is 0 Å². The monoisotopic (exact) mass is 444 g/mol. The van der Waals surface area contributed by atoms with Crippen molar-refractivity contribution in [3.05, 3.63) is 58.7 Å². The van der Waals surface area contributed by atoms with Crippen molar-refractivity contribution >= 4 is 27.6 Å². The molecule has 0 fully saturated rings. The van der Waals surface area contributed by atoms with E-state index in [9.17, 15) is 31.2 Å². The Morgan fingerprint density at radius 3 is 2.37 bits per heavy atom. The molecule has 11 heteroatoms. The molecule has 2 rings (SSSR count). The van der Waals surface area contributed by atoms with E-state index < -0.39 is 45.1 Å². The molecule has 2 aromatic rings. The van der Waals surface area contributed by atoms with E-state index in [2.05, 4.69) is 10.1 Å². The maximum Gasteiger partial charge on any atom is 0.416 e. The van der Waals surface area contributed by atoms with Crippen molar-refractivity contribution in [2.24, 2.45) is 0 Å². The van der Waals surface area contributed by atoms with E-state index in [-0.39, 0.29) is 11.3 Å². The summed E-state index contributed by atoms with van der Waals surface area (Å²) in [5.41, 5.74) is 0.697. The summed E-state index contributed by atoms with van der Waals surface area (Å²) in [7, 11) is -3.14.